The van der Waals surface area contributed by atoms with Crippen LogP contribution in [0.25, 0.3) is 22.6 Å². The summed E-state index contributed by atoms with van der Waals surface area (Å²) < 4.78 is 16.2. The van der Waals surface area contributed by atoms with Crippen molar-refractivity contribution in [2.75, 3.05) is 18.4 Å². The third-order valence-electron chi connectivity index (χ3n) is 6.34. The molecule has 0 spiro atoms. The third kappa shape index (κ3) is 4.57. The zero-order valence-corrected chi connectivity index (χ0v) is 19.1. The second-order valence-corrected chi connectivity index (χ2v) is 9.17. The normalized spacial score (nSPS) is 20.9. The fraction of sp³-hybridized carbons (Fsp3) is 0.500. The lowest BCUT2D eigenvalue weighted by molar-refractivity contribution is 0.199. The van der Waals surface area contributed by atoms with Crippen LogP contribution in [0, 0.1) is 5.82 Å². The summed E-state index contributed by atoms with van der Waals surface area (Å²) in [6.45, 7) is 1.64. The maximum atomic E-state index is 14.6. The predicted molar refractivity (Wildman–Crippen MR) is 124 cm³/mol. The smallest absolute Gasteiger partial charge is 0.317 e. The van der Waals surface area contributed by atoms with Crippen molar-refractivity contribution in [3.8, 4) is 11.5 Å². The number of carbonyl (C=O) groups is 1. The Kier molecular flexibility index (Phi) is 6.01. The average molecular weight is 473 g/mol. The number of rotatable bonds is 4. The Hall–Kier alpha value is -3.01. The van der Waals surface area contributed by atoms with Crippen LogP contribution >= 0.6 is 11.6 Å². The Morgan fingerprint density at radius 2 is 1.94 bits per heavy atom. The average Bonchev–Trinajstić information content (AvgIpc) is 3.44. The standard InChI is InChI=1S/C22H26ClFN8O/c1-31-21-16(9-13(23)11-26-21)18(30-31)20-25-12-17(24)19(29-20)27-14-5-4-6-15(10-14)28-22(33)32-7-2-3-8-32/h9,11-12,14-15H,2-8,10H2,1H3,(H,28,33)(H,25,27,29)/t14?,15-/m1/s1. The van der Waals surface area contributed by atoms with Gasteiger partial charge in [-0.15, -0.1) is 0 Å². The molecule has 33 heavy (non-hydrogen) atoms. The number of hydrogen-bond donors (Lipinski definition) is 2. The molecule has 2 N–H and O–H groups in total. The highest BCUT2D eigenvalue weighted by Crippen LogP contribution is 2.28. The van der Waals surface area contributed by atoms with E-state index in [1.54, 1.807) is 24.0 Å². The Bertz CT molecular complexity index is 1180. The van der Waals surface area contributed by atoms with Crippen LogP contribution < -0.4 is 10.6 Å². The lowest BCUT2D eigenvalue weighted by Gasteiger charge is -2.31. The van der Waals surface area contributed by atoms with E-state index >= 15 is 0 Å². The molecule has 0 radical (unpaired) electrons. The third-order valence-corrected chi connectivity index (χ3v) is 6.54. The summed E-state index contributed by atoms with van der Waals surface area (Å²) in [6, 6.07) is 1.81. The summed E-state index contributed by atoms with van der Waals surface area (Å²) >= 11 is 6.12. The van der Waals surface area contributed by atoms with Gasteiger partial charge in [-0.25, -0.2) is 28.8 Å². The second-order valence-electron chi connectivity index (χ2n) is 8.74. The number of nitrogens with one attached hydrogen (secondary N) is 2. The Labute approximate surface area is 195 Å². The molecule has 3 aromatic heterocycles. The van der Waals surface area contributed by atoms with Crippen LogP contribution in [0.4, 0.5) is 15.0 Å². The van der Waals surface area contributed by atoms with Crippen molar-refractivity contribution >= 4 is 34.5 Å². The topological polar surface area (TPSA) is 101 Å². The number of aryl methyl sites for hydroxylation is 1. The number of nitrogens with zero attached hydrogens (tertiary/aromatic N) is 6. The molecule has 3 aromatic rings. The van der Waals surface area contributed by atoms with Crippen LogP contribution in [0.1, 0.15) is 38.5 Å². The molecule has 1 saturated carbocycles. The fourth-order valence-corrected chi connectivity index (χ4v) is 4.85. The van der Waals surface area contributed by atoms with Gasteiger partial charge in [-0.3, -0.25) is 0 Å². The second kappa shape index (κ2) is 9.09. The first kappa shape index (κ1) is 21.8. The van der Waals surface area contributed by atoms with E-state index in [0.717, 1.165) is 51.4 Å². The summed E-state index contributed by atoms with van der Waals surface area (Å²) in [6.07, 6.45) is 8.27. The molecule has 11 heteroatoms. The lowest BCUT2D eigenvalue weighted by Crippen LogP contribution is -2.47. The number of pyridine rings is 1. The number of fused-ring (bicyclic) bond motifs is 1. The summed E-state index contributed by atoms with van der Waals surface area (Å²) in [4.78, 5) is 27.2. The Balaban J connectivity index is 1.33. The molecule has 1 aliphatic carbocycles. The van der Waals surface area contributed by atoms with Crippen molar-refractivity contribution in [2.45, 2.75) is 50.6 Å². The fourth-order valence-electron chi connectivity index (χ4n) is 4.69. The van der Waals surface area contributed by atoms with Gasteiger partial charge in [0.1, 0.15) is 5.69 Å². The molecule has 2 aliphatic rings. The van der Waals surface area contributed by atoms with E-state index < -0.39 is 5.82 Å². The van der Waals surface area contributed by atoms with E-state index in [1.165, 1.54) is 0 Å². The van der Waals surface area contributed by atoms with Gasteiger partial charge in [-0.1, -0.05) is 11.6 Å². The lowest BCUT2D eigenvalue weighted by atomic mass is 9.91. The molecule has 0 bridgehead atoms. The van der Waals surface area contributed by atoms with Crippen LogP contribution in [0.15, 0.2) is 18.5 Å². The van der Waals surface area contributed by atoms with Gasteiger partial charge in [-0.2, -0.15) is 5.10 Å². The SMILES string of the molecule is Cn1nc(-c2ncc(F)c(NC3CCC[C@@H](NC(=O)N4CCCC4)C3)n2)c2cc(Cl)cnc21. The summed E-state index contributed by atoms with van der Waals surface area (Å²) in [5, 5.41) is 12.0. The van der Waals surface area contributed by atoms with Crippen molar-refractivity contribution in [3.63, 3.8) is 0 Å². The molecular formula is C22H26ClFN8O. The largest absolute Gasteiger partial charge is 0.365 e. The van der Waals surface area contributed by atoms with Crippen LogP contribution in [0.2, 0.25) is 5.02 Å². The van der Waals surface area contributed by atoms with E-state index in [4.69, 9.17) is 11.6 Å². The van der Waals surface area contributed by atoms with E-state index in [-0.39, 0.29) is 23.9 Å². The number of anilines is 1. The van der Waals surface area contributed by atoms with E-state index in [0.29, 0.717) is 34.0 Å². The van der Waals surface area contributed by atoms with E-state index in [9.17, 15) is 9.18 Å². The molecule has 1 unspecified atom stereocenters. The monoisotopic (exact) mass is 472 g/mol. The van der Waals surface area contributed by atoms with Crippen molar-refractivity contribution < 1.29 is 9.18 Å². The van der Waals surface area contributed by atoms with E-state index in [2.05, 4.69) is 30.7 Å². The van der Waals surface area contributed by atoms with Crippen LogP contribution in [-0.2, 0) is 7.05 Å². The van der Waals surface area contributed by atoms with Crippen molar-refractivity contribution in [3.05, 3.63) is 29.3 Å². The van der Waals surface area contributed by atoms with Gasteiger partial charge in [0, 0.05) is 38.4 Å². The van der Waals surface area contributed by atoms with Gasteiger partial charge in [0.2, 0.25) is 0 Å². The van der Waals surface area contributed by atoms with Gasteiger partial charge in [0.25, 0.3) is 0 Å². The first-order chi connectivity index (χ1) is 16.0. The van der Waals surface area contributed by atoms with Crippen molar-refractivity contribution in [1.29, 1.82) is 0 Å². The van der Waals surface area contributed by atoms with Gasteiger partial charge >= 0.3 is 6.03 Å². The van der Waals surface area contributed by atoms with Gasteiger partial charge in [0.15, 0.2) is 23.1 Å². The minimum absolute atomic E-state index is 0.00273. The van der Waals surface area contributed by atoms with Crippen molar-refractivity contribution in [2.24, 2.45) is 7.05 Å². The summed E-state index contributed by atoms with van der Waals surface area (Å²) in [5.41, 5.74) is 1.13. The molecule has 4 heterocycles. The highest BCUT2D eigenvalue weighted by Gasteiger charge is 2.27. The number of urea groups is 1. The maximum Gasteiger partial charge on any atom is 0.317 e. The first-order valence-corrected chi connectivity index (χ1v) is 11.7. The van der Waals surface area contributed by atoms with Gasteiger partial charge in [0.05, 0.1) is 16.6 Å². The minimum atomic E-state index is -0.529. The van der Waals surface area contributed by atoms with Gasteiger partial charge < -0.3 is 15.5 Å². The molecular weight excluding hydrogens is 447 g/mol. The van der Waals surface area contributed by atoms with Crippen molar-refractivity contribution in [1.82, 2.24) is 34.9 Å². The number of amides is 2. The molecule has 5 rings (SSSR count). The number of likely N-dealkylation sites (tertiary alicyclic amines) is 1. The molecule has 1 saturated heterocycles. The number of hydrogen-bond acceptors (Lipinski definition) is 6. The minimum Gasteiger partial charge on any atom is -0.365 e. The molecule has 1 aliphatic heterocycles. The highest BCUT2D eigenvalue weighted by atomic mass is 35.5. The first-order valence-electron chi connectivity index (χ1n) is 11.3. The molecule has 174 valence electrons. The van der Waals surface area contributed by atoms with Crippen LogP contribution in [-0.4, -0.2) is 60.8 Å². The predicted octanol–water partition coefficient (Wildman–Crippen LogP) is 3.75. The summed E-state index contributed by atoms with van der Waals surface area (Å²) in [7, 11) is 1.77. The number of halogens is 2. The molecule has 9 nitrogen and oxygen atoms in total. The zero-order valence-electron chi connectivity index (χ0n) is 18.4. The Morgan fingerprint density at radius 1 is 1.15 bits per heavy atom. The summed E-state index contributed by atoms with van der Waals surface area (Å²) in [5.74, 6) is -0.105. The van der Waals surface area contributed by atoms with Crippen LogP contribution in [0.3, 0.4) is 0 Å². The number of aromatic nitrogens is 5. The van der Waals surface area contributed by atoms with E-state index in [1.807, 2.05) is 4.90 Å². The molecule has 0 aromatic carbocycles. The maximum absolute atomic E-state index is 14.6. The Morgan fingerprint density at radius 3 is 2.76 bits per heavy atom. The van der Waals surface area contributed by atoms with Crippen LogP contribution in [0.5, 0.6) is 0 Å². The quantitative estimate of drug-likeness (QED) is 0.599. The zero-order chi connectivity index (χ0) is 22.9. The molecule has 2 atom stereocenters. The highest BCUT2D eigenvalue weighted by molar-refractivity contribution is 6.31. The number of carbonyl (C=O) groups excluding carboxylic acids is 1. The molecule has 2 fully saturated rings. The molecule has 2 amide bonds. The van der Waals surface area contributed by atoms with Gasteiger partial charge in [-0.05, 0) is 44.6 Å².